The molecule has 0 aliphatic heterocycles. The number of carboxylic acids is 1. The van der Waals surface area contributed by atoms with Crippen LogP contribution >= 0.6 is 0 Å². The molecule has 0 heterocycles. The van der Waals surface area contributed by atoms with Crippen molar-refractivity contribution in [2.75, 3.05) is 0 Å². The van der Waals surface area contributed by atoms with Gasteiger partial charge in [-0.05, 0) is 64.3 Å². The van der Waals surface area contributed by atoms with Crippen LogP contribution in [-0.4, -0.2) is 11.1 Å². The predicted octanol–water partition coefficient (Wildman–Crippen LogP) is 6.58. The van der Waals surface area contributed by atoms with Crippen molar-refractivity contribution in [2.45, 2.75) is 52.4 Å². The van der Waals surface area contributed by atoms with E-state index < -0.39 is 5.97 Å². The molecule has 3 rings (SSSR count). The normalized spacial score (nSPS) is 14.7. The summed E-state index contributed by atoms with van der Waals surface area (Å²) in [5.41, 5.74) is 5.49. The molecule has 0 spiro atoms. The van der Waals surface area contributed by atoms with Crippen molar-refractivity contribution in [3.05, 3.63) is 76.9 Å². The topological polar surface area (TPSA) is 37.3 Å². The molecule has 2 nitrogen and oxygen atoms in total. The van der Waals surface area contributed by atoms with Crippen LogP contribution in [0.4, 0.5) is 0 Å². The fraction of sp³-hybridized carbons (Fsp3) is 0.320. The predicted molar refractivity (Wildman–Crippen MR) is 114 cm³/mol. The van der Waals surface area contributed by atoms with E-state index in [1.54, 1.807) is 6.08 Å². The van der Waals surface area contributed by atoms with E-state index in [4.69, 9.17) is 0 Å². The number of allylic oxidation sites excluding steroid dienone is 5. The lowest BCUT2D eigenvalue weighted by atomic mass is 9.77. The monoisotopic (exact) mass is 360 g/mol. The number of fused-ring (bicyclic) bond motifs is 1. The lowest BCUT2D eigenvalue weighted by molar-refractivity contribution is -0.132. The molecule has 0 radical (unpaired) electrons. The lowest BCUT2D eigenvalue weighted by Crippen LogP contribution is -2.18. The van der Waals surface area contributed by atoms with Crippen LogP contribution in [-0.2, 0) is 10.2 Å². The number of benzene rings is 2. The Balaban J connectivity index is 2.07. The van der Waals surface area contributed by atoms with E-state index in [9.17, 15) is 9.90 Å². The molecule has 27 heavy (non-hydrogen) atoms. The molecule has 0 atom stereocenters. The zero-order valence-electron chi connectivity index (χ0n) is 16.7. The summed E-state index contributed by atoms with van der Waals surface area (Å²) in [6.45, 7) is 9.08. The third-order valence-electron chi connectivity index (χ3n) is 5.49. The Kier molecular flexibility index (Phi) is 5.36. The molecule has 1 N–H and O–H groups in total. The summed E-state index contributed by atoms with van der Waals surface area (Å²) in [6.07, 6.45) is 10.3. The SMILES string of the molecule is CCCC(C)(C)c1cc2cc(C3=CC=C(C(=O)O)CC=C3)ccc2cc1C. The van der Waals surface area contributed by atoms with Gasteiger partial charge in [0.1, 0.15) is 0 Å². The van der Waals surface area contributed by atoms with E-state index in [1.807, 2.05) is 18.2 Å². The summed E-state index contributed by atoms with van der Waals surface area (Å²) < 4.78 is 0. The number of hydrogen-bond acceptors (Lipinski definition) is 1. The maximum atomic E-state index is 11.2. The summed E-state index contributed by atoms with van der Waals surface area (Å²) >= 11 is 0. The number of carboxylic acid groups (broad SMARTS) is 1. The van der Waals surface area contributed by atoms with Crippen molar-refractivity contribution in [1.29, 1.82) is 0 Å². The van der Waals surface area contributed by atoms with Crippen molar-refractivity contribution in [3.8, 4) is 0 Å². The van der Waals surface area contributed by atoms with E-state index in [2.05, 4.69) is 58.0 Å². The maximum Gasteiger partial charge on any atom is 0.331 e. The van der Waals surface area contributed by atoms with Gasteiger partial charge < -0.3 is 5.11 Å². The highest BCUT2D eigenvalue weighted by Crippen LogP contribution is 2.34. The molecular weight excluding hydrogens is 332 g/mol. The van der Waals surface area contributed by atoms with Crippen molar-refractivity contribution < 1.29 is 9.90 Å². The zero-order chi connectivity index (χ0) is 19.6. The van der Waals surface area contributed by atoms with Gasteiger partial charge in [-0.1, -0.05) is 75.8 Å². The first-order valence-electron chi connectivity index (χ1n) is 9.68. The van der Waals surface area contributed by atoms with Crippen LogP contribution in [0.5, 0.6) is 0 Å². The Hall–Kier alpha value is -2.61. The molecule has 0 unspecified atom stereocenters. The van der Waals surface area contributed by atoms with Crippen molar-refractivity contribution in [3.63, 3.8) is 0 Å². The highest BCUT2D eigenvalue weighted by molar-refractivity contribution is 5.91. The van der Waals surface area contributed by atoms with Gasteiger partial charge in [0.15, 0.2) is 0 Å². The van der Waals surface area contributed by atoms with Crippen LogP contribution in [0.25, 0.3) is 16.3 Å². The minimum absolute atomic E-state index is 0.156. The Morgan fingerprint density at radius 3 is 2.59 bits per heavy atom. The summed E-state index contributed by atoms with van der Waals surface area (Å²) in [4.78, 5) is 11.2. The van der Waals surface area contributed by atoms with Crippen LogP contribution in [0.3, 0.4) is 0 Å². The molecule has 0 fully saturated rings. The molecule has 0 aromatic heterocycles. The van der Waals surface area contributed by atoms with Gasteiger partial charge in [0.05, 0.1) is 0 Å². The van der Waals surface area contributed by atoms with Gasteiger partial charge in [0, 0.05) is 5.57 Å². The maximum absolute atomic E-state index is 11.2. The van der Waals surface area contributed by atoms with Gasteiger partial charge in [0.25, 0.3) is 0 Å². The van der Waals surface area contributed by atoms with Gasteiger partial charge in [-0.15, -0.1) is 0 Å². The van der Waals surface area contributed by atoms with Gasteiger partial charge >= 0.3 is 5.97 Å². The second kappa shape index (κ2) is 7.56. The summed E-state index contributed by atoms with van der Waals surface area (Å²) in [5, 5.41) is 11.7. The molecule has 2 aromatic rings. The quantitative estimate of drug-likeness (QED) is 0.654. The van der Waals surface area contributed by atoms with E-state index in [0.717, 1.165) is 17.6 Å². The van der Waals surface area contributed by atoms with Crippen LogP contribution in [0.1, 0.15) is 56.7 Å². The van der Waals surface area contributed by atoms with Gasteiger partial charge in [0.2, 0.25) is 0 Å². The van der Waals surface area contributed by atoms with Crippen molar-refractivity contribution in [1.82, 2.24) is 0 Å². The summed E-state index contributed by atoms with van der Waals surface area (Å²) in [7, 11) is 0. The molecular formula is C25H28O2. The van der Waals surface area contributed by atoms with E-state index in [-0.39, 0.29) is 5.41 Å². The fourth-order valence-corrected chi connectivity index (χ4v) is 4.06. The minimum Gasteiger partial charge on any atom is -0.478 e. The van der Waals surface area contributed by atoms with Crippen LogP contribution in [0.2, 0.25) is 0 Å². The molecule has 1 aliphatic carbocycles. The highest BCUT2D eigenvalue weighted by atomic mass is 16.4. The average Bonchev–Trinajstić information content (AvgIpc) is 2.87. The van der Waals surface area contributed by atoms with Crippen LogP contribution in [0.15, 0.2) is 60.2 Å². The first-order chi connectivity index (χ1) is 12.8. The number of hydrogen-bond donors (Lipinski definition) is 1. The molecule has 1 aliphatic rings. The molecule has 0 saturated heterocycles. The molecule has 0 saturated carbocycles. The van der Waals surface area contributed by atoms with Crippen molar-refractivity contribution >= 4 is 22.3 Å². The fourth-order valence-electron chi connectivity index (χ4n) is 4.06. The van der Waals surface area contributed by atoms with Crippen LogP contribution in [0, 0.1) is 6.92 Å². The second-order valence-corrected chi connectivity index (χ2v) is 8.09. The van der Waals surface area contributed by atoms with Gasteiger partial charge in [-0.25, -0.2) is 4.79 Å². The smallest absolute Gasteiger partial charge is 0.331 e. The molecule has 140 valence electrons. The van der Waals surface area contributed by atoms with Crippen molar-refractivity contribution in [2.24, 2.45) is 0 Å². The molecule has 0 bridgehead atoms. The van der Waals surface area contributed by atoms with Gasteiger partial charge in [-0.2, -0.15) is 0 Å². The Morgan fingerprint density at radius 2 is 1.89 bits per heavy atom. The Labute approximate surface area is 161 Å². The first kappa shape index (κ1) is 19.2. The Bertz CT molecular complexity index is 971. The standard InChI is InChI=1S/C25H28O2/c1-5-13-25(3,4)23-16-22-15-21(12-11-20(22)14-17(23)2)18-7-6-8-19(10-9-18)24(26)27/h6-7,9-12,14-16H,5,8,13H2,1-4H3,(H,26,27). The van der Waals surface area contributed by atoms with Gasteiger partial charge in [-0.3, -0.25) is 0 Å². The first-order valence-corrected chi connectivity index (χ1v) is 9.68. The van der Waals surface area contributed by atoms with E-state index in [1.165, 1.54) is 28.3 Å². The second-order valence-electron chi connectivity index (χ2n) is 8.09. The highest BCUT2D eigenvalue weighted by Gasteiger charge is 2.22. The summed E-state index contributed by atoms with van der Waals surface area (Å²) in [5.74, 6) is -0.853. The Morgan fingerprint density at radius 1 is 1.11 bits per heavy atom. The minimum atomic E-state index is -0.853. The van der Waals surface area contributed by atoms with E-state index in [0.29, 0.717) is 12.0 Å². The number of carbonyl (C=O) groups is 1. The van der Waals surface area contributed by atoms with Crippen LogP contribution < -0.4 is 0 Å². The largest absolute Gasteiger partial charge is 0.478 e. The zero-order valence-corrected chi connectivity index (χ0v) is 16.7. The number of rotatable bonds is 5. The third-order valence-corrected chi connectivity index (χ3v) is 5.49. The average molecular weight is 360 g/mol. The number of aliphatic carboxylic acids is 1. The molecule has 2 aromatic carbocycles. The number of aryl methyl sites for hydroxylation is 1. The lowest BCUT2D eigenvalue weighted by Gasteiger charge is -2.27. The summed E-state index contributed by atoms with van der Waals surface area (Å²) in [6, 6.07) is 11.1. The van der Waals surface area contributed by atoms with E-state index >= 15 is 0 Å². The molecule has 0 amide bonds. The third kappa shape index (κ3) is 4.05. The molecule has 2 heteroatoms.